The first-order chi connectivity index (χ1) is 16.3. The van der Waals surface area contributed by atoms with Crippen LogP contribution in [0.4, 0.5) is 4.39 Å². The van der Waals surface area contributed by atoms with E-state index in [1.807, 2.05) is 0 Å². The predicted octanol–water partition coefficient (Wildman–Crippen LogP) is 4.17. The molecule has 0 fully saturated rings. The molecular formula is C25H21FN2O5S. The molecule has 1 atom stereocenters. The second-order valence-electron chi connectivity index (χ2n) is 8.11. The van der Waals surface area contributed by atoms with Crippen molar-refractivity contribution in [2.45, 2.75) is 24.0 Å². The van der Waals surface area contributed by atoms with Gasteiger partial charge >= 0.3 is 5.97 Å². The first kappa shape index (κ1) is 22.1. The van der Waals surface area contributed by atoms with Crippen LogP contribution in [-0.2, 0) is 27.9 Å². The lowest BCUT2D eigenvalue weighted by Crippen LogP contribution is -2.28. The second kappa shape index (κ2) is 8.27. The van der Waals surface area contributed by atoms with E-state index in [0.29, 0.717) is 33.3 Å². The molecule has 3 aromatic carbocycles. The molecule has 0 aliphatic carbocycles. The van der Waals surface area contributed by atoms with Gasteiger partial charge in [-0.15, -0.1) is 0 Å². The number of rotatable bonds is 6. The van der Waals surface area contributed by atoms with Crippen molar-refractivity contribution in [3.63, 3.8) is 0 Å². The van der Waals surface area contributed by atoms with Crippen molar-refractivity contribution in [3.05, 3.63) is 95.4 Å². The van der Waals surface area contributed by atoms with Crippen LogP contribution in [0.2, 0.25) is 0 Å². The zero-order valence-corrected chi connectivity index (χ0v) is 19.0. The average Bonchev–Trinajstić information content (AvgIpc) is 3.26. The Morgan fingerprint density at radius 3 is 2.50 bits per heavy atom. The van der Waals surface area contributed by atoms with Gasteiger partial charge in [0.2, 0.25) is 10.0 Å². The van der Waals surface area contributed by atoms with Crippen LogP contribution in [0.25, 0.3) is 10.9 Å². The number of fused-ring (bicyclic) bond motifs is 2. The molecule has 1 aliphatic heterocycles. The van der Waals surface area contributed by atoms with Gasteiger partial charge in [0, 0.05) is 29.2 Å². The second-order valence-corrected chi connectivity index (χ2v) is 9.97. The highest BCUT2D eigenvalue weighted by atomic mass is 32.2. The number of carbonyl (C=O) groups is 1. The van der Waals surface area contributed by atoms with Crippen molar-refractivity contribution in [2.75, 3.05) is 7.11 Å². The number of hydrogen-bond acceptors (Lipinski definition) is 4. The molecule has 34 heavy (non-hydrogen) atoms. The van der Waals surface area contributed by atoms with Gasteiger partial charge in [-0.25, -0.2) is 12.8 Å². The lowest BCUT2D eigenvalue weighted by molar-refractivity contribution is -0.137. The lowest BCUT2D eigenvalue weighted by Gasteiger charge is -2.24. The Kier molecular flexibility index (Phi) is 5.38. The molecule has 0 saturated heterocycles. The minimum absolute atomic E-state index is 0.0253. The fourth-order valence-electron chi connectivity index (χ4n) is 4.56. The predicted molar refractivity (Wildman–Crippen MR) is 124 cm³/mol. The highest BCUT2D eigenvalue weighted by molar-refractivity contribution is 7.89. The number of ether oxygens (including phenoxy) is 1. The smallest absolute Gasteiger partial charge is 0.323 e. The average molecular weight is 481 g/mol. The van der Waals surface area contributed by atoms with Gasteiger partial charge in [-0.1, -0.05) is 30.3 Å². The number of benzene rings is 3. The molecule has 1 N–H and O–H groups in total. The van der Waals surface area contributed by atoms with Crippen LogP contribution in [-0.4, -0.2) is 35.5 Å². The van der Waals surface area contributed by atoms with Gasteiger partial charge in [-0.3, -0.25) is 4.79 Å². The highest BCUT2D eigenvalue weighted by Gasteiger charge is 2.44. The zero-order valence-electron chi connectivity index (χ0n) is 18.2. The summed E-state index contributed by atoms with van der Waals surface area (Å²) >= 11 is 0. The monoisotopic (exact) mass is 480 g/mol. The minimum atomic E-state index is -3.87. The van der Waals surface area contributed by atoms with E-state index in [1.165, 1.54) is 23.5 Å². The Hall–Kier alpha value is -3.69. The summed E-state index contributed by atoms with van der Waals surface area (Å²) < 4.78 is 49.0. The van der Waals surface area contributed by atoms with Gasteiger partial charge < -0.3 is 14.4 Å². The summed E-state index contributed by atoms with van der Waals surface area (Å²) in [7, 11) is -2.33. The molecule has 5 rings (SSSR count). The first-order valence-electron chi connectivity index (χ1n) is 10.5. The maximum Gasteiger partial charge on any atom is 0.323 e. The Balaban J connectivity index is 1.74. The summed E-state index contributed by atoms with van der Waals surface area (Å²) in [5, 5.41) is 10.1. The molecule has 0 amide bonds. The van der Waals surface area contributed by atoms with E-state index in [4.69, 9.17) is 4.74 Å². The van der Waals surface area contributed by atoms with Crippen molar-refractivity contribution in [3.8, 4) is 5.75 Å². The molecule has 0 bridgehead atoms. The summed E-state index contributed by atoms with van der Waals surface area (Å²) in [5.41, 5.74) is 2.53. The number of methoxy groups -OCH3 is 1. The third-order valence-electron chi connectivity index (χ3n) is 6.06. The largest absolute Gasteiger partial charge is 0.497 e. The van der Waals surface area contributed by atoms with Gasteiger partial charge in [0.1, 0.15) is 18.1 Å². The highest BCUT2D eigenvalue weighted by Crippen LogP contribution is 2.46. The number of halogens is 1. The van der Waals surface area contributed by atoms with Crippen LogP contribution in [0.5, 0.6) is 5.75 Å². The lowest BCUT2D eigenvalue weighted by atomic mass is 9.97. The Morgan fingerprint density at radius 2 is 1.79 bits per heavy atom. The topological polar surface area (TPSA) is 88.8 Å². The van der Waals surface area contributed by atoms with Crippen molar-refractivity contribution in [1.29, 1.82) is 0 Å². The van der Waals surface area contributed by atoms with Crippen LogP contribution in [0.3, 0.4) is 0 Å². The van der Waals surface area contributed by atoms with E-state index < -0.39 is 27.9 Å². The van der Waals surface area contributed by atoms with Crippen LogP contribution in [0.15, 0.2) is 77.8 Å². The number of carboxylic acid groups (broad SMARTS) is 1. The minimum Gasteiger partial charge on any atom is -0.497 e. The normalized spacial score (nSPS) is 17.1. The maximum atomic E-state index is 13.6. The summed E-state index contributed by atoms with van der Waals surface area (Å²) in [6.45, 7) is -0.251. The van der Waals surface area contributed by atoms with Crippen molar-refractivity contribution < 1.29 is 27.4 Å². The summed E-state index contributed by atoms with van der Waals surface area (Å²) in [6.07, 6.45) is 1.69. The van der Waals surface area contributed by atoms with Gasteiger partial charge in [-0.2, -0.15) is 4.31 Å². The molecule has 1 aliphatic rings. The summed E-state index contributed by atoms with van der Waals surface area (Å²) in [5.74, 6) is -0.848. The maximum absolute atomic E-state index is 13.6. The Morgan fingerprint density at radius 1 is 1.06 bits per heavy atom. The first-order valence-corrected chi connectivity index (χ1v) is 12.0. The molecule has 2 heterocycles. The van der Waals surface area contributed by atoms with E-state index in [2.05, 4.69) is 0 Å². The molecule has 1 aromatic heterocycles. The third-order valence-corrected chi connectivity index (χ3v) is 7.94. The van der Waals surface area contributed by atoms with Gasteiger partial charge in [-0.05, 0) is 47.5 Å². The van der Waals surface area contributed by atoms with Crippen LogP contribution in [0.1, 0.15) is 22.7 Å². The molecule has 9 heteroatoms. The molecule has 0 saturated carbocycles. The van der Waals surface area contributed by atoms with Gasteiger partial charge in [0.25, 0.3) is 0 Å². The van der Waals surface area contributed by atoms with E-state index in [-0.39, 0.29) is 18.0 Å². The summed E-state index contributed by atoms with van der Waals surface area (Å²) in [4.78, 5) is 11.7. The molecule has 7 nitrogen and oxygen atoms in total. The molecule has 0 spiro atoms. The van der Waals surface area contributed by atoms with Gasteiger partial charge in [0.05, 0.1) is 18.0 Å². The Labute approximate surface area is 195 Å². The molecular weight excluding hydrogens is 459 g/mol. The Bertz CT molecular complexity index is 1510. The van der Waals surface area contributed by atoms with E-state index in [1.54, 1.807) is 65.4 Å². The van der Waals surface area contributed by atoms with Crippen LogP contribution >= 0.6 is 0 Å². The van der Waals surface area contributed by atoms with Crippen LogP contribution in [0, 0.1) is 5.82 Å². The standard InChI is InChI=1S/C25H21FN2O5S/c1-33-18-10-11-22-20(12-18)21(14-27(22)15-24(29)30)25-19-4-2-3-5-23(19)34(31,32)28(25)13-16-6-8-17(26)9-7-16/h2-12,14,25H,13,15H2,1H3,(H,29,30). The van der Waals surface area contributed by atoms with Crippen molar-refractivity contribution >= 4 is 26.9 Å². The number of nitrogens with zero attached hydrogens (tertiary/aromatic N) is 2. The van der Waals surface area contributed by atoms with E-state index >= 15 is 0 Å². The quantitative estimate of drug-likeness (QED) is 0.448. The SMILES string of the molecule is COc1ccc2c(c1)c(C1c3ccccc3S(=O)(=O)N1Cc1ccc(F)cc1)cn2CC(=O)O. The van der Waals surface area contributed by atoms with Crippen molar-refractivity contribution in [2.24, 2.45) is 0 Å². The number of hydrogen-bond donors (Lipinski definition) is 1. The molecule has 174 valence electrons. The fourth-order valence-corrected chi connectivity index (χ4v) is 6.36. The third kappa shape index (κ3) is 3.63. The molecule has 4 aromatic rings. The van der Waals surface area contributed by atoms with Gasteiger partial charge in [0.15, 0.2) is 0 Å². The van der Waals surface area contributed by atoms with E-state index in [9.17, 15) is 22.7 Å². The fraction of sp³-hybridized carbons (Fsp3) is 0.160. The number of sulfonamides is 1. The molecule has 1 unspecified atom stereocenters. The summed E-state index contributed by atoms with van der Waals surface area (Å²) in [6, 6.07) is 17.1. The van der Waals surface area contributed by atoms with E-state index in [0.717, 1.165) is 0 Å². The molecule has 0 radical (unpaired) electrons. The number of aromatic nitrogens is 1. The van der Waals surface area contributed by atoms with Crippen molar-refractivity contribution in [1.82, 2.24) is 8.87 Å². The number of aliphatic carboxylic acids is 1. The number of carboxylic acids is 1. The zero-order chi connectivity index (χ0) is 24.0. The van der Waals surface area contributed by atoms with Crippen LogP contribution < -0.4 is 4.74 Å².